The van der Waals surface area contributed by atoms with E-state index in [1.807, 2.05) is 30.3 Å². The smallest absolute Gasteiger partial charge is 0.235 e. The molecule has 2 aromatic rings. The fraction of sp³-hybridized carbons (Fsp3) is 0.200. The van der Waals surface area contributed by atoms with E-state index >= 15 is 0 Å². The number of primary amides is 1. The van der Waals surface area contributed by atoms with E-state index in [1.54, 1.807) is 7.05 Å². The second kappa shape index (κ2) is 4.96. The van der Waals surface area contributed by atoms with Gasteiger partial charge in [-0.2, -0.15) is 0 Å². The molecule has 0 aliphatic carbocycles. The molecule has 0 spiro atoms. The number of hydrogen-bond acceptors (Lipinski definition) is 5. The van der Waals surface area contributed by atoms with Crippen molar-refractivity contribution in [3.8, 4) is 0 Å². The molecule has 0 saturated heterocycles. The minimum absolute atomic E-state index is 0.413. The van der Waals surface area contributed by atoms with E-state index in [1.165, 1.54) is 16.4 Å². The molecule has 6 nitrogen and oxygen atoms in total. The number of nitrogens with two attached hydrogens (primary N) is 1. The van der Waals surface area contributed by atoms with Gasteiger partial charge in [0.25, 0.3) is 0 Å². The third-order valence-corrected chi connectivity index (χ3v) is 3.46. The van der Waals surface area contributed by atoms with E-state index in [4.69, 9.17) is 5.73 Å². The zero-order valence-corrected chi connectivity index (χ0v) is 9.96. The first-order valence-corrected chi connectivity index (χ1v) is 5.79. The monoisotopic (exact) mass is 249 g/mol. The van der Waals surface area contributed by atoms with Crippen molar-refractivity contribution in [2.75, 3.05) is 0 Å². The van der Waals surface area contributed by atoms with Crippen LogP contribution in [-0.4, -0.2) is 26.1 Å². The van der Waals surface area contributed by atoms with Gasteiger partial charge in [-0.15, -0.1) is 5.10 Å². The number of aryl methyl sites for hydroxylation is 1. The van der Waals surface area contributed by atoms with E-state index < -0.39 is 11.2 Å². The molecule has 2 rings (SSSR count). The molecule has 88 valence electrons. The van der Waals surface area contributed by atoms with Crippen molar-refractivity contribution in [3.63, 3.8) is 0 Å². The maximum absolute atomic E-state index is 11.5. The van der Waals surface area contributed by atoms with E-state index in [-0.39, 0.29) is 0 Å². The van der Waals surface area contributed by atoms with Crippen LogP contribution in [0.3, 0.4) is 0 Å². The predicted molar refractivity (Wildman–Crippen MR) is 63.0 cm³/mol. The first kappa shape index (κ1) is 11.6. The molecule has 0 bridgehead atoms. The van der Waals surface area contributed by atoms with Gasteiger partial charge >= 0.3 is 0 Å². The number of hydrogen-bond donors (Lipinski definition) is 1. The minimum atomic E-state index is -0.485. The van der Waals surface area contributed by atoms with Crippen LogP contribution in [0.4, 0.5) is 0 Å². The zero-order chi connectivity index (χ0) is 12.3. The summed E-state index contributed by atoms with van der Waals surface area (Å²) < 4.78 is 1.50. The van der Waals surface area contributed by atoms with Crippen molar-refractivity contribution >= 4 is 17.7 Å². The predicted octanol–water partition coefficient (Wildman–Crippen LogP) is 0.529. The Hall–Kier alpha value is -1.89. The normalized spacial score (nSPS) is 12.3. The van der Waals surface area contributed by atoms with E-state index in [2.05, 4.69) is 15.5 Å². The summed E-state index contributed by atoms with van der Waals surface area (Å²) in [5, 5.41) is 11.1. The number of rotatable bonds is 4. The lowest BCUT2D eigenvalue weighted by molar-refractivity contribution is -0.117. The zero-order valence-electron chi connectivity index (χ0n) is 9.15. The van der Waals surface area contributed by atoms with Crippen LogP contribution in [0.5, 0.6) is 0 Å². The summed E-state index contributed by atoms with van der Waals surface area (Å²) in [6, 6.07) is 9.32. The molecule has 0 radical (unpaired) electrons. The summed E-state index contributed by atoms with van der Waals surface area (Å²) >= 11 is 1.24. The van der Waals surface area contributed by atoms with Gasteiger partial charge in [0.05, 0.1) is 0 Å². The fourth-order valence-corrected chi connectivity index (χ4v) is 2.24. The molecule has 1 aromatic heterocycles. The molecule has 0 aliphatic rings. The molecular weight excluding hydrogens is 238 g/mol. The fourth-order valence-electron chi connectivity index (χ4n) is 1.34. The third-order valence-electron chi connectivity index (χ3n) is 2.17. The summed E-state index contributed by atoms with van der Waals surface area (Å²) in [5.41, 5.74) is 6.24. The first-order valence-electron chi connectivity index (χ1n) is 4.92. The van der Waals surface area contributed by atoms with Gasteiger partial charge in [-0.3, -0.25) is 4.79 Å². The standard InChI is InChI=1S/C10H11N5OS/c1-15-10(12-13-14-15)17-8(9(11)16)7-5-3-2-4-6-7/h2-6,8H,1H3,(H2,11,16). The number of amides is 1. The molecule has 17 heavy (non-hydrogen) atoms. The lowest BCUT2D eigenvalue weighted by Gasteiger charge is -2.11. The van der Waals surface area contributed by atoms with Gasteiger partial charge in [-0.05, 0) is 16.0 Å². The number of carbonyl (C=O) groups excluding carboxylic acids is 1. The summed E-state index contributed by atoms with van der Waals surface area (Å²) in [6.45, 7) is 0. The van der Waals surface area contributed by atoms with Gasteiger partial charge in [-0.1, -0.05) is 42.1 Å². The Morgan fingerprint density at radius 1 is 1.41 bits per heavy atom. The van der Waals surface area contributed by atoms with Gasteiger partial charge in [0.2, 0.25) is 11.1 Å². The molecule has 1 unspecified atom stereocenters. The first-order chi connectivity index (χ1) is 8.18. The highest BCUT2D eigenvalue weighted by Gasteiger charge is 2.21. The lowest BCUT2D eigenvalue weighted by Crippen LogP contribution is -2.19. The van der Waals surface area contributed by atoms with Crippen LogP contribution in [0.1, 0.15) is 10.8 Å². The van der Waals surface area contributed by atoms with Crippen LogP contribution in [0.25, 0.3) is 0 Å². The molecule has 1 atom stereocenters. The van der Waals surface area contributed by atoms with Crippen molar-refractivity contribution in [1.29, 1.82) is 0 Å². The molecule has 0 aliphatic heterocycles. The molecule has 0 fully saturated rings. The second-order valence-corrected chi connectivity index (χ2v) is 4.47. The largest absolute Gasteiger partial charge is 0.368 e. The highest BCUT2D eigenvalue weighted by Crippen LogP contribution is 2.32. The minimum Gasteiger partial charge on any atom is -0.368 e. The van der Waals surface area contributed by atoms with Crippen molar-refractivity contribution in [1.82, 2.24) is 20.2 Å². The topological polar surface area (TPSA) is 86.7 Å². The SMILES string of the molecule is Cn1nnnc1SC(C(N)=O)c1ccccc1. The molecule has 1 aromatic carbocycles. The summed E-state index contributed by atoms with van der Waals surface area (Å²) in [7, 11) is 1.71. The van der Waals surface area contributed by atoms with Crippen LogP contribution in [0.15, 0.2) is 35.5 Å². The summed E-state index contributed by atoms with van der Waals surface area (Å²) in [4.78, 5) is 11.5. The van der Waals surface area contributed by atoms with Gasteiger partial charge in [0, 0.05) is 7.05 Å². The number of carbonyl (C=O) groups is 1. The Morgan fingerprint density at radius 2 is 2.12 bits per heavy atom. The average molecular weight is 249 g/mol. The molecule has 2 N–H and O–H groups in total. The maximum atomic E-state index is 11.5. The van der Waals surface area contributed by atoms with Gasteiger partial charge in [0.1, 0.15) is 5.25 Å². The van der Waals surface area contributed by atoms with Crippen molar-refractivity contribution in [2.45, 2.75) is 10.4 Å². The van der Waals surface area contributed by atoms with Crippen LogP contribution >= 0.6 is 11.8 Å². The van der Waals surface area contributed by atoms with Gasteiger partial charge in [-0.25, -0.2) is 4.68 Å². The Kier molecular flexibility index (Phi) is 3.38. The highest BCUT2D eigenvalue weighted by molar-refractivity contribution is 8.00. The van der Waals surface area contributed by atoms with Crippen molar-refractivity contribution in [3.05, 3.63) is 35.9 Å². The third kappa shape index (κ3) is 2.62. The Bertz CT molecular complexity index is 512. The number of thioether (sulfide) groups is 1. The molecule has 1 heterocycles. The molecule has 1 amide bonds. The molecule has 0 saturated carbocycles. The average Bonchev–Trinajstić information content (AvgIpc) is 2.72. The van der Waals surface area contributed by atoms with Crippen molar-refractivity contribution < 1.29 is 4.79 Å². The number of tetrazole rings is 1. The maximum Gasteiger partial charge on any atom is 0.235 e. The van der Waals surface area contributed by atoms with E-state index in [9.17, 15) is 4.79 Å². The Labute approximate surface area is 102 Å². The van der Waals surface area contributed by atoms with E-state index in [0.29, 0.717) is 5.16 Å². The number of aromatic nitrogens is 4. The van der Waals surface area contributed by atoms with Crippen LogP contribution in [-0.2, 0) is 11.8 Å². The van der Waals surface area contributed by atoms with Crippen LogP contribution in [0.2, 0.25) is 0 Å². The summed E-state index contributed by atoms with van der Waals surface area (Å²) in [6.07, 6.45) is 0. The summed E-state index contributed by atoms with van der Waals surface area (Å²) in [5.74, 6) is -0.413. The van der Waals surface area contributed by atoms with Crippen LogP contribution in [0, 0.1) is 0 Å². The number of benzene rings is 1. The van der Waals surface area contributed by atoms with Crippen LogP contribution < -0.4 is 5.73 Å². The van der Waals surface area contributed by atoms with Gasteiger partial charge in [0.15, 0.2) is 0 Å². The lowest BCUT2D eigenvalue weighted by atomic mass is 10.1. The Balaban J connectivity index is 2.26. The van der Waals surface area contributed by atoms with Crippen molar-refractivity contribution in [2.24, 2.45) is 12.8 Å². The number of nitrogens with zero attached hydrogens (tertiary/aromatic N) is 4. The van der Waals surface area contributed by atoms with Gasteiger partial charge < -0.3 is 5.73 Å². The quantitative estimate of drug-likeness (QED) is 0.799. The highest BCUT2D eigenvalue weighted by atomic mass is 32.2. The molecular formula is C10H11N5OS. The Morgan fingerprint density at radius 3 is 2.65 bits per heavy atom. The molecule has 7 heteroatoms. The second-order valence-electron chi connectivity index (χ2n) is 3.40. The van der Waals surface area contributed by atoms with E-state index in [0.717, 1.165) is 5.56 Å².